The lowest BCUT2D eigenvalue weighted by Gasteiger charge is -2.14. The lowest BCUT2D eigenvalue weighted by molar-refractivity contribution is 0.101. The van der Waals surface area contributed by atoms with Crippen LogP contribution in [0.4, 0.5) is 4.39 Å². The van der Waals surface area contributed by atoms with Crippen LogP contribution in [0.15, 0.2) is 54.6 Å². The van der Waals surface area contributed by atoms with Crippen LogP contribution in [0.3, 0.4) is 0 Å². The topological polar surface area (TPSA) is 17.1 Å². The second-order valence-electron chi connectivity index (χ2n) is 5.22. The molecule has 0 saturated carbocycles. The smallest absolute Gasteiger partial charge is 0.160 e. The number of carbonyl (C=O) groups is 1. The van der Waals surface area contributed by atoms with Crippen molar-refractivity contribution in [3.8, 4) is 11.1 Å². The zero-order valence-corrected chi connectivity index (χ0v) is 12.0. The van der Waals surface area contributed by atoms with Crippen LogP contribution in [-0.2, 0) is 0 Å². The average molecular weight is 278 g/mol. The Hall–Kier alpha value is -2.48. The maximum Gasteiger partial charge on any atom is 0.160 e. The van der Waals surface area contributed by atoms with Gasteiger partial charge >= 0.3 is 0 Å². The lowest BCUT2D eigenvalue weighted by Crippen LogP contribution is -1.99. The number of benzene rings is 3. The molecule has 0 saturated heterocycles. The third kappa shape index (κ3) is 2.33. The SMILES string of the molecule is CC(=O)c1ccc(F)cc1-c1c(C)ccc2ccccc12. The first-order chi connectivity index (χ1) is 10.1. The van der Waals surface area contributed by atoms with Crippen LogP contribution in [0.25, 0.3) is 21.9 Å². The maximum absolute atomic E-state index is 13.7. The van der Waals surface area contributed by atoms with Gasteiger partial charge in [-0.3, -0.25) is 4.79 Å². The Balaban J connectivity index is 2.43. The fourth-order valence-electron chi connectivity index (χ4n) is 2.77. The first kappa shape index (κ1) is 13.5. The second kappa shape index (κ2) is 5.13. The number of carbonyl (C=O) groups excluding carboxylic acids is 1. The number of fused-ring (bicyclic) bond motifs is 1. The van der Waals surface area contributed by atoms with Crippen LogP contribution >= 0.6 is 0 Å². The Bertz CT molecular complexity index is 849. The summed E-state index contributed by atoms with van der Waals surface area (Å²) in [4.78, 5) is 11.9. The van der Waals surface area contributed by atoms with E-state index in [1.54, 1.807) is 6.07 Å². The van der Waals surface area contributed by atoms with Gasteiger partial charge in [0, 0.05) is 5.56 Å². The van der Waals surface area contributed by atoms with E-state index in [4.69, 9.17) is 0 Å². The van der Waals surface area contributed by atoms with Crippen molar-refractivity contribution in [1.82, 2.24) is 0 Å². The Kier molecular flexibility index (Phi) is 3.30. The fraction of sp³-hybridized carbons (Fsp3) is 0.105. The molecule has 0 aliphatic carbocycles. The van der Waals surface area contributed by atoms with Gasteiger partial charge < -0.3 is 0 Å². The minimum absolute atomic E-state index is 0.0580. The van der Waals surface area contributed by atoms with E-state index in [2.05, 4.69) is 0 Å². The number of rotatable bonds is 2. The van der Waals surface area contributed by atoms with Gasteiger partial charge in [0.05, 0.1) is 0 Å². The molecule has 0 aliphatic rings. The Labute approximate surface area is 123 Å². The summed E-state index contributed by atoms with van der Waals surface area (Å²) in [6, 6.07) is 16.3. The van der Waals surface area contributed by atoms with Crippen LogP contribution in [0.2, 0.25) is 0 Å². The quantitative estimate of drug-likeness (QED) is 0.592. The number of hydrogen-bond donors (Lipinski definition) is 0. The zero-order valence-electron chi connectivity index (χ0n) is 12.0. The lowest BCUT2D eigenvalue weighted by atomic mass is 9.90. The minimum Gasteiger partial charge on any atom is -0.294 e. The highest BCUT2D eigenvalue weighted by atomic mass is 19.1. The van der Waals surface area contributed by atoms with E-state index >= 15 is 0 Å². The summed E-state index contributed by atoms with van der Waals surface area (Å²) in [7, 11) is 0. The molecule has 0 fully saturated rings. The molecule has 1 nitrogen and oxygen atoms in total. The maximum atomic E-state index is 13.7. The number of ketones is 1. The van der Waals surface area contributed by atoms with Crippen LogP contribution < -0.4 is 0 Å². The van der Waals surface area contributed by atoms with Gasteiger partial charge in [0.2, 0.25) is 0 Å². The van der Waals surface area contributed by atoms with Crippen molar-refractivity contribution in [2.75, 3.05) is 0 Å². The van der Waals surface area contributed by atoms with Crippen LogP contribution in [-0.4, -0.2) is 5.78 Å². The molecule has 0 N–H and O–H groups in total. The third-order valence-electron chi connectivity index (χ3n) is 3.77. The molecule has 3 aromatic carbocycles. The Morgan fingerprint density at radius 3 is 2.52 bits per heavy atom. The van der Waals surface area contributed by atoms with Crippen molar-refractivity contribution in [2.24, 2.45) is 0 Å². The van der Waals surface area contributed by atoms with Gasteiger partial charge in [-0.05, 0) is 59.5 Å². The molecule has 0 amide bonds. The van der Waals surface area contributed by atoms with Gasteiger partial charge in [0.25, 0.3) is 0 Å². The van der Waals surface area contributed by atoms with Crippen LogP contribution in [0.5, 0.6) is 0 Å². The van der Waals surface area contributed by atoms with E-state index < -0.39 is 0 Å². The summed E-state index contributed by atoms with van der Waals surface area (Å²) in [6.07, 6.45) is 0. The van der Waals surface area contributed by atoms with E-state index in [9.17, 15) is 9.18 Å². The van der Waals surface area contributed by atoms with Gasteiger partial charge in [-0.1, -0.05) is 36.4 Å². The normalized spacial score (nSPS) is 10.8. The first-order valence-electron chi connectivity index (χ1n) is 6.87. The van der Waals surface area contributed by atoms with E-state index in [1.165, 1.54) is 19.1 Å². The first-order valence-corrected chi connectivity index (χ1v) is 6.87. The van der Waals surface area contributed by atoms with E-state index in [-0.39, 0.29) is 11.6 Å². The van der Waals surface area contributed by atoms with Gasteiger partial charge in [-0.15, -0.1) is 0 Å². The van der Waals surface area contributed by atoms with Crippen molar-refractivity contribution < 1.29 is 9.18 Å². The molecule has 0 radical (unpaired) electrons. The van der Waals surface area contributed by atoms with Crippen LogP contribution in [0.1, 0.15) is 22.8 Å². The highest BCUT2D eigenvalue weighted by Crippen LogP contribution is 2.34. The molecule has 0 aliphatic heterocycles. The largest absolute Gasteiger partial charge is 0.294 e. The molecule has 0 spiro atoms. The Morgan fingerprint density at radius 1 is 1.00 bits per heavy atom. The standard InChI is InChI=1S/C19H15FO/c1-12-7-8-14-5-3-4-6-17(14)19(12)18-11-15(20)9-10-16(18)13(2)21/h3-11H,1-2H3. The monoisotopic (exact) mass is 278 g/mol. The summed E-state index contributed by atoms with van der Waals surface area (Å²) >= 11 is 0. The van der Waals surface area contributed by atoms with Crippen molar-refractivity contribution in [3.05, 3.63) is 71.5 Å². The van der Waals surface area contributed by atoms with E-state index in [0.717, 1.165) is 21.9 Å². The van der Waals surface area contributed by atoms with E-state index in [0.29, 0.717) is 11.1 Å². The number of aryl methyl sites for hydroxylation is 1. The molecular weight excluding hydrogens is 263 g/mol. The van der Waals surface area contributed by atoms with E-state index in [1.807, 2.05) is 43.3 Å². The van der Waals surface area contributed by atoms with Crippen LogP contribution in [0, 0.1) is 12.7 Å². The van der Waals surface area contributed by atoms with Gasteiger partial charge in [-0.25, -0.2) is 4.39 Å². The number of Topliss-reactive ketones (excluding diaryl/α,β-unsaturated/α-hetero) is 1. The molecule has 2 heteroatoms. The molecule has 104 valence electrons. The molecule has 0 aromatic heterocycles. The van der Waals surface area contributed by atoms with Crippen molar-refractivity contribution >= 4 is 16.6 Å². The molecule has 3 aromatic rings. The van der Waals surface area contributed by atoms with Crippen molar-refractivity contribution in [3.63, 3.8) is 0 Å². The molecule has 3 rings (SSSR count). The van der Waals surface area contributed by atoms with Gasteiger partial charge in [-0.2, -0.15) is 0 Å². The fourth-order valence-corrected chi connectivity index (χ4v) is 2.77. The molecular formula is C19H15FO. The van der Waals surface area contributed by atoms with Crippen molar-refractivity contribution in [1.29, 1.82) is 0 Å². The predicted octanol–water partition coefficient (Wildman–Crippen LogP) is 5.16. The summed E-state index contributed by atoms with van der Waals surface area (Å²) in [6.45, 7) is 3.49. The molecule has 0 bridgehead atoms. The number of hydrogen-bond acceptors (Lipinski definition) is 1. The highest BCUT2D eigenvalue weighted by Gasteiger charge is 2.14. The summed E-state index contributed by atoms with van der Waals surface area (Å²) in [5.41, 5.74) is 3.17. The predicted molar refractivity (Wildman–Crippen MR) is 84.1 cm³/mol. The summed E-state index contributed by atoms with van der Waals surface area (Å²) in [5.74, 6) is -0.389. The van der Waals surface area contributed by atoms with Gasteiger partial charge in [0.1, 0.15) is 5.82 Å². The van der Waals surface area contributed by atoms with Gasteiger partial charge in [0.15, 0.2) is 5.78 Å². The Morgan fingerprint density at radius 2 is 1.76 bits per heavy atom. The second-order valence-corrected chi connectivity index (χ2v) is 5.22. The number of halogens is 1. The van der Waals surface area contributed by atoms with Crippen molar-refractivity contribution in [2.45, 2.75) is 13.8 Å². The minimum atomic E-state index is -0.331. The molecule has 0 unspecified atom stereocenters. The highest BCUT2D eigenvalue weighted by molar-refractivity contribution is 6.06. The summed E-state index contributed by atoms with van der Waals surface area (Å²) in [5, 5.41) is 2.11. The molecule has 21 heavy (non-hydrogen) atoms. The molecule has 0 atom stereocenters. The molecule has 0 heterocycles. The average Bonchev–Trinajstić information content (AvgIpc) is 2.46. The zero-order chi connectivity index (χ0) is 15.0. The summed E-state index contributed by atoms with van der Waals surface area (Å²) < 4.78 is 13.7. The third-order valence-corrected chi connectivity index (χ3v) is 3.77.